The van der Waals surface area contributed by atoms with Gasteiger partial charge in [0.15, 0.2) is 0 Å². The highest BCUT2D eigenvalue weighted by Gasteiger charge is 2.51. The van der Waals surface area contributed by atoms with Crippen molar-refractivity contribution in [2.24, 2.45) is 17.1 Å². The van der Waals surface area contributed by atoms with E-state index in [0.717, 1.165) is 32.5 Å². The van der Waals surface area contributed by atoms with Gasteiger partial charge >= 0.3 is 0 Å². The first-order valence-corrected chi connectivity index (χ1v) is 8.55. The number of likely N-dealkylation sites (tertiary alicyclic amines) is 1. The van der Waals surface area contributed by atoms with Crippen molar-refractivity contribution >= 4 is 5.91 Å². The van der Waals surface area contributed by atoms with Gasteiger partial charge in [-0.2, -0.15) is 0 Å². The molecule has 4 nitrogen and oxygen atoms in total. The molecule has 0 spiro atoms. The molecule has 1 heterocycles. The molecule has 1 unspecified atom stereocenters. The quantitative estimate of drug-likeness (QED) is 0.789. The first kappa shape index (κ1) is 16.8. The molecule has 122 valence electrons. The van der Waals surface area contributed by atoms with Crippen LogP contribution in [-0.2, 0) is 4.79 Å². The van der Waals surface area contributed by atoms with Crippen LogP contribution in [0.5, 0.6) is 0 Å². The van der Waals surface area contributed by atoms with Gasteiger partial charge in [0.1, 0.15) is 5.54 Å². The molecule has 1 saturated heterocycles. The second kappa shape index (κ2) is 6.25. The maximum atomic E-state index is 12.3. The van der Waals surface area contributed by atoms with Crippen LogP contribution in [-0.4, -0.2) is 42.0 Å². The Morgan fingerprint density at radius 2 is 2.00 bits per heavy atom. The standard InChI is InChI=1S/C17H33N3O/c1-13(2)19-17(15(18)21,14-6-7-14)12-20-10-5-8-16(3,4)9-11-20/h13-14,19H,5-12H2,1-4H3,(H2,18,21). The summed E-state index contributed by atoms with van der Waals surface area (Å²) in [5.41, 5.74) is 5.74. The summed E-state index contributed by atoms with van der Waals surface area (Å²) in [6.07, 6.45) is 5.94. The third-order valence-corrected chi connectivity index (χ3v) is 5.17. The molecule has 1 aliphatic heterocycles. The zero-order chi connectivity index (χ0) is 15.7. The smallest absolute Gasteiger partial charge is 0.239 e. The molecule has 0 aromatic carbocycles. The topological polar surface area (TPSA) is 58.4 Å². The van der Waals surface area contributed by atoms with Gasteiger partial charge in [0.05, 0.1) is 0 Å². The number of nitrogens with zero attached hydrogens (tertiary/aromatic N) is 1. The number of rotatable bonds is 6. The van der Waals surface area contributed by atoms with Crippen molar-refractivity contribution < 1.29 is 4.79 Å². The van der Waals surface area contributed by atoms with E-state index in [9.17, 15) is 4.79 Å². The summed E-state index contributed by atoms with van der Waals surface area (Å²) in [7, 11) is 0. The molecule has 2 aliphatic rings. The van der Waals surface area contributed by atoms with Gasteiger partial charge < -0.3 is 10.6 Å². The van der Waals surface area contributed by atoms with Crippen molar-refractivity contribution in [1.29, 1.82) is 0 Å². The predicted molar refractivity (Wildman–Crippen MR) is 87.0 cm³/mol. The summed E-state index contributed by atoms with van der Waals surface area (Å²) >= 11 is 0. The second-order valence-corrected chi connectivity index (χ2v) is 8.20. The lowest BCUT2D eigenvalue weighted by Gasteiger charge is -2.38. The Labute approximate surface area is 129 Å². The molecule has 1 aliphatic carbocycles. The van der Waals surface area contributed by atoms with Crippen molar-refractivity contribution in [3.05, 3.63) is 0 Å². The van der Waals surface area contributed by atoms with Gasteiger partial charge in [0, 0.05) is 12.6 Å². The van der Waals surface area contributed by atoms with Crippen LogP contribution in [0.2, 0.25) is 0 Å². The van der Waals surface area contributed by atoms with E-state index >= 15 is 0 Å². The fraction of sp³-hybridized carbons (Fsp3) is 0.941. The summed E-state index contributed by atoms with van der Waals surface area (Å²) in [6.45, 7) is 11.9. The van der Waals surface area contributed by atoms with Gasteiger partial charge in [-0.1, -0.05) is 13.8 Å². The highest BCUT2D eigenvalue weighted by atomic mass is 16.1. The Balaban J connectivity index is 2.09. The maximum absolute atomic E-state index is 12.3. The van der Waals surface area contributed by atoms with Gasteiger partial charge in [-0.25, -0.2) is 0 Å². The molecule has 0 aromatic heterocycles. The van der Waals surface area contributed by atoms with Gasteiger partial charge in [-0.3, -0.25) is 10.1 Å². The molecule has 0 bridgehead atoms. The van der Waals surface area contributed by atoms with Crippen LogP contribution in [0.4, 0.5) is 0 Å². The Kier molecular flexibility index (Phi) is 4.99. The largest absolute Gasteiger partial charge is 0.368 e. The lowest BCUT2D eigenvalue weighted by Crippen LogP contribution is -2.64. The van der Waals surface area contributed by atoms with Crippen LogP contribution in [0.1, 0.15) is 59.8 Å². The van der Waals surface area contributed by atoms with Crippen LogP contribution in [0.15, 0.2) is 0 Å². The zero-order valence-electron chi connectivity index (χ0n) is 14.2. The second-order valence-electron chi connectivity index (χ2n) is 8.20. The molecule has 1 atom stereocenters. The summed E-state index contributed by atoms with van der Waals surface area (Å²) in [6, 6.07) is 0.279. The van der Waals surface area contributed by atoms with Gasteiger partial charge in [-0.05, 0) is 70.4 Å². The Morgan fingerprint density at radius 1 is 1.33 bits per heavy atom. The number of carbonyl (C=O) groups excluding carboxylic acids is 1. The minimum Gasteiger partial charge on any atom is -0.368 e. The van der Waals surface area contributed by atoms with Crippen LogP contribution in [0, 0.1) is 11.3 Å². The molecule has 21 heavy (non-hydrogen) atoms. The van der Waals surface area contributed by atoms with Crippen molar-refractivity contribution in [3.8, 4) is 0 Å². The SMILES string of the molecule is CC(C)NC(CN1CCCC(C)(C)CC1)(C(N)=O)C1CC1. The molecule has 3 N–H and O–H groups in total. The van der Waals surface area contributed by atoms with Gasteiger partial charge in [0.2, 0.25) is 5.91 Å². The number of nitrogens with two attached hydrogens (primary N) is 1. The number of hydrogen-bond acceptors (Lipinski definition) is 3. The molecule has 0 aromatic rings. The number of primary amides is 1. The van der Waals surface area contributed by atoms with E-state index in [1.807, 2.05) is 0 Å². The van der Waals surface area contributed by atoms with Crippen LogP contribution in [0.3, 0.4) is 0 Å². The van der Waals surface area contributed by atoms with E-state index in [4.69, 9.17) is 5.73 Å². The lowest BCUT2D eigenvalue weighted by atomic mass is 9.85. The predicted octanol–water partition coefficient (Wildman–Crippen LogP) is 2.13. The molecule has 1 saturated carbocycles. The van der Waals surface area contributed by atoms with Crippen molar-refractivity contribution in [1.82, 2.24) is 10.2 Å². The van der Waals surface area contributed by atoms with Crippen LogP contribution in [0.25, 0.3) is 0 Å². The fourth-order valence-electron chi connectivity index (χ4n) is 3.72. The maximum Gasteiger partial charge on any atom is 0.239 e. The lowest BCUT2D eigenvalue weighted by molar-refractivity contribution is -0.126. The van der Waals surface area contributed by atoms with E-state index in [0.29, 0.717) is 11.3 Å². The Hall–Kier alpha value is -0.610. The molecular weight excluding hydrogens is 262 g/mol. The van der Waals surface area contributed by atoms with Crippen molar-refractivity contribution in [2.45, 2.75) is 71.4 Å². The average molecular weight is 295 g/mol. The fourth-order valence-corrected chi connectivity index (χ4v) is 3.72. The van der Waals surface area contributed by atoms with E-state index < -0.39 is 5.54 Å². The summed E-state index contributed by atoms with van der Waals surface area (Å²) in [5, 5.41) is 3.53. The summed E-state index contributed by atoms with van der Waals surface area (Å²) in [4.78, 5) is 14.7. The monoisotopic (exact) mass is 295 g/mol. The summed E-state index contributed by atoms with van der Waals surface area (Å²) in [5.74, 6) is 0.260. The third kappa shape index (κ3) is 4.19. The van der Waals surface area contributed by atoms with Crippen molar-refractivity contribution in [2.75, 3.05) is 19.6 Å². The highest BCUT2D eigenvalue weighted by molar-refractivity contribution is 5.86. The molecule has 1 amide bonds. The number of carbonyl (C=O) groups is 1. The van der Waals surface area contributed by atoms with E-state index in [-0.39, 0.29) is 11.9 Å². The van der Waals surface area contributed by atoms with E-state index in [1.165, 1.54) is 19.3 Å². The van der Waals surface area contributed by atoms with Crippen LogP contribution < -0.4 is 11.1 Å². The summed E-state index contributed by atoms with van der Waals surface area (Å²) < 4.78 is 0. The Morgan fingerprint density at radius 3 is 2.52 bits per heavy atom. The molecule has 0 radical (unpaired) electrons. The number of hydrogen-bond donors (Lipinski definition) is 2. The Bertz CT molecular complexity index is 376. The van der Waals surface area contributed by atoms with Crippen molar-refractivity contribution in [3.63, 3.8) is 0 Å². The zero-order valence-corrected chi connectivity index (χ0v) is 14.2. The van der Waals surface area contributed by atoms with Crippen LogP contribution >= 0.6 is 0 Å². The minimum absolute atomic E-state index is 0.165. The van der Waals surface area contributed by atoms with Gasteiger partial charge in [-0.15, -0.1) is 0 Å². The molecule has 4 heteroatoms. The normalized spacial score (nSPS) is 26.3. The molecule has 2 fully saturated rings. The average Bonchev–Trinajstić information content (AvgIpc) is 3.17. The van der Waals surface area contributed by atoms with E-state index in [2.05, 4.69) is 37.9 Å². The first-order valence-electron chi connectivity index (χ1n) is 8.55. The molecule has 2 rings (SSSR count). The molecular formula is C17H33N3O. The number of amides is 1. The third-order valence-electron chi connectivity index (χ3n) is 5.17. The first-order chi connectivity index (χ1) is 9.75. The van der Waals surface area contributed by atoms with E-state index in [1.54, 1.807) is 0 Å². The number of nitrogens with one attached hydrogen (secondary N) is 1. The minimum atomic E-state index is -0.525. The highest BCUT2D eigenvalue weighted by Crippen LogP contribution is 2.41. The van der Waals surface area contributed by atoms with Gasteiger partial charge in [0.25, 0.3) is 0 Å².